The topological polar surface area (TPSA) is 45.0 Å². The van der Waals surface area contributed by atoms with E-state index in [1.807, 2.05) is 12.1 Å². The molecular weight excluding hydrogens is 332 g/mol. The maximum absolute atomic E-state index is 9.63. The van der Waals surface area contributed by atoms with Gasteiger partial charge in [0.1, 0.15) is 11.8 Å². The van der Waals surface area contributed by atoms with Gasteiger partial charge < -0.3 is 10.1 Å². The molecule has 3 aromatic carbocycles. The molecule has 0 amide bonds. The summed E-state index contributed by atoms with van der Waals surface area (Å²) in [5.74, 6) is 1.63. The third kappa shape index (κ3) is 2.34. The van der Waals surface area contributed by atoms with E-state index in [1.54, 1.807) is 7.11 Å². The molecular formula is C24H20N2O. The average molecular weight is 352 g/mol. The van der Waals surface area contributed by atoms with Gasteiger partial charge in [-0.3, -0.25) is 0 Å². The fourth-order valence-electron chi connectivity index (χ4n) is 4.77. The van der Waals surface area contributed by atoms with Crippen molar-refractivity contribution in [3.63, 3.8) is 0 Å². The molecule has 2 aliphatic rings. The molecule has 0 fully saturated rings. The van der Waals surface area contributed by atoms with Crippen LogP contribution < -0.4 is 10.1 Å². The van der Waals surface area contributed by atoms with E-state index in [4.69, 9.17) is 4.74 Å². The van der Waals surface area contributed by atoms with Gasteiger partial charge in [-0.2, -0.15) is 5.26 Å². The first-order chi connectivity index (χ1) is 13.3. The Labute approximate surface area is 158 Å². The molecule has 0 spiro atoms. The summed E-state index contributed by atoms with van der Waals surface area (Å²) >= 11 is 0. The van der Waals surface area contributed by atoms with E-state index < -0.39 is 0 Å². The van der Waals surface area contributed by atoms with E-state index >= 15 is 0 Å². The molecule has 1 aliphatic carbocycles. The number of anilines is 1. The summed E-state index contributed by atoms with van der Waals surface area (Å²) in [5.41, 5.74) is 4.08. The Morgan fingerprint density at radius 2 is 1.96 bits per heavy atom. The predicted octanol–water partition coefficient (Wildman–Crippen LogP) is 5.55. The molecule has 1 heterocycles. The lowest BCUT2D eigenvalue weighted by Gasteiger charge is -2.38. The third-order valence-corrected chi connectivity index (χ3v) is 5.98. The number of nitrogens with zero attached hydrogens (tertiary/aromatic N) is 1. The number of para-hydroxylation sites is 1. The summed E-state index contributed by atoms with van der Waals surface area (Å²) in [4.78, 5) is 0. The molecule has 0 radical (unpaired) electrons. The van der Waals surface area contributed by atoms with Gasteiger partial charge in [0.2, 0.25) is 0 Å². The van der Waals surface area contributed by atoms with Gasteiger partial charge in [0, 0.05) is 11.5 Å². The molecule has 0 bridgehead atoms. The van der Waals surface area contributed by atoms with Crippen molar-refractivity contribution in [1.29, 1.82) is 5.26 Å². The highest BCUT2D eigenvalue weighted by Gasteiger charge is 2.40. The van der Waals surface area contributed by atoms with Crippen molar-refractivity contribution in [2.45, 2.75) is 18.4 Å². The molecule has 5 rings (SSSR count). The van der Waals surface area contributed by atoms with Gasteiger partial charge in [-0.1, -0.05) is 54.6 Å². The van der Waals surface area contributed by atoms with E-state index in [-0.39, 0.29) is 6.04 Å². The number of hydrogen-bond donors (Lipinski definition) is 1. The lowest BCUT2D eigenvalue weighted by atomic mass is 9.75. The summed E-state index contributed by atoms with van der Waals surface area (Å²) in [6, 6.07) is 21.1. The summed E-state index contributed by atoms with van der Waals surface area (Å²) in [6.07, 6.45) is 5.59. The van der Waals surface area contributed by atoms with Crippen molar-refractivity contribution in [2.75, 3.05) is 12.4 Å². The number of hydrogen-bond acceptors (Lipinski definition) is 3. The van der Waals surface area contributed by atoms with Crippen LogP contribution in [-0.4, -0.2) is 7.11 Å². The number of nitriles is 1. The van der Waals surface area contributed by atoms with Crippen LogP contribution in [0.15, 0.2) is 66.7 Å². The van der Waals surface area contributed by atoms with E-state index in [2.05, 4.69) is 66.0 Å². The van der Waals surface area contributed by atoms with Gasteiger partial charge in [0.25, 0.3) is 0 Å². The molecule has 1 N–H and O–H groups in total. The van der Waals surface area contributed by atoms with Crippen molar-refractivity contribution in [1.82, 2.24) is 0 Å². The lowest BCUT2D eigenvalue weighted by molar-refractivity contribution is 0.383. The molecule has 3 heteroatoms. The number of allylic oxidation sites excluding steroid dienone is 2. The van der Waals surface area contributed by atoms with Gasteiger partial charge >= 0.3 is 0 Å². The van der Waals surface area contributed by atoms with Crippen LogP contribution in [0.25, 0.3) is 10.8 Å². The second-order valence-corrected chi connectivity index (χ2v) is 7.26. The minimum atomic E-state index is 0.0908. The number of nitrogens with one attached hydrogen (secondary N) is 1. The molecule has 0 aromatic heterocycles. The van der Waals surface area contributed by atoms with Crippen LogP contribution in [0.5, 0.6) is 5.75 Å². The van der Waals surface area contributed by atoms with Gasteiger partial charge in [-0.05, 0) is 40.8 Å². The number of rotatable bonds is 2. The highest BCUT2D eigenvalue weighted by Crippen LogP contribution is 2.53. The molecule has 0 saturated heterocycles. The Bertz CT molecular complexity index is 1110. The maximum atomic E-state index is 9.63. The second-order valence-electron chi connectivity index (χ2n) is 7.26. The van der Waals surface area contributed by atoms with Gasteiger partial charge in [0.15, 0.2) is 0 Å². The zero-order valence-corrected chi connectivity index (χ0v) is 15.1. The molecule has 3 unspecified atom stereocenters. The van der Waals surface area contributed by atoms with Crippen LogP contribution >= 0.6 is 0 Å². The Morgan fingerprint density at radius 1 is 1.07 bits per heavy atom. The van der Waals surface area contributed by atoms with E-state index in [9.17, 15) is 5.26 Å². The number of fused-ring (bicyclic) bond motifs is 4. The molecule has 3 atom stereocenters. The summed E-state index contributed by atoms with van der Waals surface area (Å²) in [7, 11) is 1.73. The van der Waals surface area contributed by atoms with Crippen LogP contribution in [0.2, 0.25) is 0 Å². The maximum Gasteiger partial charge on any atom is 0.124 e. The van der Waals surface area contributed by atoms with Gasteiger partial charge in [0.05, 0.1) is 24.4 Å². The standard InChI is InChI=1S/C24H20N2O/c1-27-21-13-12-15-6-2-3-8-17(15)22(21)24-20-11-5-9-18(20)19-10-4-7-16(14-25)23(19)26-24/h2-10,12-13,18,20,24,26H,11H2,1H3. The fourth-order valence-corrected chi connectivity index (χ4v) is 4.77. The SMILES string of the molecule is COc1ccc2ccccc2c1C1Nc2c(C#N)cccc2C2C=CCC21. The van der Waals surface area contributed by atoms with Crippen molar-refractivity contribution in [2.24, 2.45) is 5.92 Å². The van der Waals surface area contributed by atoms with Crippen molar-refractivity contribution >= 4 is 16.5 Å². The van der Waals surface area contributed by atoms with Crippen LogP contribution in [0, 0.1) is 17.2 Å². The first-order valence-electron chi connectivity index (χ1n) is 9.33. The Morgan fingerprint density at radius 3 is 2.81 bits per heavy atom. The molecule has 3 aromatic rings. The van der Waals surface area contributed by atoms with Crippen LogP contribution in [-0.2, 0) is 0 Å². The zero-order chi connectivity index (χ0) is 18.4. The first kappa shape index (κ1) is 16.0. The van der Waals surface area contributed by atoms with Crippen LogP contribution in [0.3, 0.4) is 0 Å². The van der Waals surface area contributed by atoms with E-state index in [0.717, 1.165) is 17.9 Å². The second kappa shape index (κ2) is 6.17. The Hall–Kier alpha value is -3.25. The minimum absolute atomic E-state index is 0.0908. The van der Waals surface area contributed by atoms with Gasteiger partial charge in [-0.25, -0.2) is 0 Å². The Balaban J connectivity index is 1.75. The number of ether oxygens (including phenoxy) is 1. The van der Waals surface area contributed by atoms with Crippen molar-refractivity contribution in [3.05, 3.63) is 83.4 Å². The normalized spacial score (nSPS) is 22.6. The minimum Gasteiger partial charge on any atom is -0.496 e. The number of methoxy groups -OCH3 is 1. The zero-order valence-electron chi connectivity index (χ0n) is 15.1. The quantitative estimate of drug-likeness (QED) is 0.615. The summed E-state index contributed by atoms with van der Waals surface area (Å²) in [5, 5.41) is 15.8. The molecule has 132 valence electrons. The molecule has 27 heavy (non-hydrogen) atoms. The van der Waals surface area contributed by atoms with Crippen LogP contribution in [0.1, 0.15) is 35.1 Å². The van der Waals surface area contributed by atoms with E-state index in [0.29, 0.717) is 17.4 Å². The number of benzene rings is 3. The van der Waals surface area contributed by atoms with E-state index in [1.165, 1.54) is 21.9 Å². The lowest BCUT2D eigenvalue weighted by Crippen LogP contribution is -2.30. The average Bonchev–Trinajstić information content (AvgIpc) is 3.22. The Kier molecular flexibility index (Phi) is 3.65. The molecule has 0 saturated carbocycles. The highest BCUT2D eigenvalue weighted by molar-refractivity contribution is 5.89. The summed E-state index contributed by atoms with van der Waals surface area (Å²) < 4.78 is 5.77. The monoisotopic (exact) mass is 352 g/mol. The fraction of sp³-hybridized carbons (Fsp3) is 0.208. The first-order valence-corrected chi connectivity index (χ1v) is 9.33. The largest absolute Gasteiger partial charge is 0.496 e. The summed E-state index contributed by atoms with van der Waals surface area (Å²) in [6.45, 7) is 0. The smallest absolute Gasteiger partial charge is 0.124 e. The highest BCUT2D eigenvalue weighted by atomic mass is 16.5. The van der Waals surface area contributed by atoms with Crippen LogP contribution in [0.4, 0.5) is 5.69 Å². The predicted molar refractivity (Wildman–Crippen MR) is 108 cm³/mol. The molecule has 1 aliphatic heterocycles. The van der Waals surface area contributed by atoms with Crippen molar-refractivity contribution in [3.8, 4) is 11.8 Å². The van der Waals surface area contributed by atoms with Crippen molar-refractivity contribution < 1.29 is 4.74 Å². The third-order valence-electron chi connectivity index (χ3n) is 5.98. The van der Waals surface area contributed by atoms with Gasteiger partial charge in [-0.15, -0.1) is 0 Å². The molecule has 3 nitrogen and oxygen atoms in total.